The molecular weight excluding hydrogens is 504 g/mol. The number of carbonyl (C=O) groups is 2. The van der Waals surface area contributed by atoms with Crippen molar-refractivity contribution in [1.29, 1.82) is 0 Å². The molecule has 1 saturated heterocycles. The number of rotatable bonds is 3. The van der Waals surface area contributed by atoms with Crippen molar-refractivity contribution in [3.05, 3.63) is 67.4 Å². The number of thiazole rings is 1. The number of amides is 2. The molecule has 1 N–H and O–H groups in total. The highest BCUT2D eigenvalue weighted by Gasteiger charge is 2.56. The Labute approximate surface area is 194 Å². The number of nitrogens with zero attached hydrogens (tertiary/aromatic N) is 1. The molecule has 9 heteroatoms. The van der Waals surface area contributed by atoms with Gasteiger partial charge in [0.25, 0.3) is 0 Å². The topological polar surface area (TPSA) is 62.4 Å². The van der Waals surface area contributed by atoms with E-state index in [0.29, 0.717) is 9.64 Å². The van der Waals surface area contributed by atoms with Crippen molar-refractivity contribution in [2.75, 3.05) is 12.0 Å². The molecule has 5 nitrogen and oxygen atoms in total. The zero-order valence-corrected chi connectivity index (χ0v) is 19.7. The maximum absolute atomic E-state index is 13.6. The van der Waals surface area contributed by atoms with Gasteiger partial charge in [-0.3, -0.25) is 9.59 Å². The van der Waals surface area contributed by atoms with Gasteiger partial charge in [0.2, 0.25) is 11.8 Å². The largest absolute Gasteiger partial charge is 0.497 e. The van der Waals surface area contributed by atoms with Gasteiger partial charge in [-0.15, -0.1) is 11.3 Å². The number of thioether (sulfide) groups is 1. The van der Waals surface area contributed by atoms with Crippen LogP contribution in [0.25, 0.3) is 0 Å². The summed E-state index contributed by atoms with van der Waals surface area (Å²) in [6.07, 6.45) is 0. The Hall–Kier alpha value is -1.94. The lowest BCUT2D eigenvalue weighted by molar-refractivity contribution is -0.122. The first-order valence-corrected chi connectivity index (χ1v) is 12.0. The number of hydrogen-bond acceptors (Lipinski definition) is 6. The fourth-order valence-corrected chi connectivity index (χ4v) is 7.26. The minimum atomic E-state index is -0.499. The van der Waals surface area contributed by atoms with Crippen molar-refractivity contribution in [2.24, 2.45) is 5.92 Å². The summed E-state index contributed by atoms with van der Waals surface area (Å²) in [5.74, 6) is -0.356. The van der Waals surface area contributed by atoms with Gasteiger partial charge in [-0.25, -0.2) is 4.90 Å². The monoisotopic (exact) mass is 518 g/mol. The molecule has 2 aromatic carbocycles. The van der Waals surface area contributed by atoms with Gasteiger partial charge in [-0.05, 0) is 54.2 Å². The molecular formula is C21H15BrN2O3S3. The van der Waals surface area contributed by atoms with E-state index in [4.69, 9.17) is 17.0 Å². The Morgan fingerprint density at radius 3 is 2.43 bits per heavy atom. The summed E-state index contributed by atoms with van der Waals surface area (Å²) in [6, 6.07) is 14.9. The minimum absolute atomic E-state index is 0.175. The minimum Gasteiger partial charge on any atom is -0.497 e. The third-order valence-corrected chi connectivity index (χ3v) is 8.67. The predicted molar refractivity (Wildman–Crippen MR) is 124 cm³/mol. The van der Waals surface area contributed by atoms with Crippen LogP contribution in [0.1, 0.15) is 16.4 Å². The maximum Gasteiger partial charge on any atom is 0.248 e. The SMILES string of the molecule is COc1ccc([C@@H]2c3sc(=S)[nH]c3S[C@H]3C(=O)N(c4ccc(Br)cc4)C(=O)[C@@H]23)cc1. The van der Waals surface area contributed by atoms with E-state index >= 15 is 0 Å². The molecule has 0 bridgehead atoms. The summed E-state index contributed by atoms with van der Waals surface area (Å²) >= 11 is 11.7. The first-order valence-electron chi connectivity index (χ1n) is 9.15. The van der Waals surface area contributed by atoms with E-state index in [-0.39, 0.29) is 17.7 Å². The quantitative estimate of drug-likeness (QED) is 0.372. The Morgan fingerprint density at radius 2 is 1.77 bits per heavy atom. The summed E-state index contributed by atoms with van der Waals surface area (Å²) in [5.41, 5.74) is 1.56. The van der Waals surface area contributed by atoms with E-state index in [1.807, 2.05) is 36.4 Å². The number of fused-ring (bicyclic) bond motifs is 2. The van der Waals surface area contributed by atoms with E-state index < -0.39 is 11.2 Å². The third kappa shape index (κ3) is 3.15. The number of nitrogens with one attached hydrogen (secondary N) is 1. The van der Waals surface area contributed by atoms with Gasteiger partial charge in [0, 0.05) is 15.3 Å². The lowest BCUT2D eigenvalue weighted by atomic mass is 9.83. The molecule has 3 heterocycles. The average Bonchev–Trinajstić information content (AvgIpc) is 3.24. The fraction of sp³-hybridized carbons (Fsp3) is 0.190. The van der Waals surface area contributed by atoms with Crippen LogP contribution in [-0.4, -0.2) is 29.2 Å². The number of hydrogen-bond donors (Lipinski definition) is 1. The zero-order chi connectivity index (χ0) is 21.0. The van der Waals surface area contributed by atoms with Gasteiger partial charge >= 0.3 is 0 Å². The molecule has 5 rings (SSSR count). The molecule has 2 aliphatic rings. The van der Waals surface area contributed by atoms with Gasteiger partial charge in [0.1, 0.15) is 11.0 Å². The molecule has 0 radical (unpaired) electrons. The number of benzene rings is 2. The number of anilines is 1. The van der Waals surface area contributed by atoms with Gasteiger partial charge in [0.15, 0.2) is 3.95 Å². The molecule has 1 aromatic heterocycles. The molecule has 0 spiro atoms. The van der Waals surface area contributed by atoms with Gasteiger partial charge in [0.05, 0.1) is 23.7 Å². The first-order chi connectivity index (χ1) is 14.5. The van der Waals surface area contributed by atoms with Crippen molar-refractivity contribution in [2.45, 2.75) is 16.2 Å². The molecule has 2 aliphatic heterocycles. The number of aromatic nitrogens is 1. The fourth-order valence-electron chi connectivity index (χ4n) is 4.03. The van der Waals surface area contributed by atoms with Crippen molar-refractivity contribution in [3.8, 4) is 5.75 Å². The van der Waals surface area contributed by atoms with Crippen LogP contribution in [0.4, 0.5) is 5.69 Å². The number of H-pyrrole nitrogens is 1. The Bertz CT molecular complexity index is 1200. The smallest absolute Gasteiger partial charge is 0.248 e. The van der Waals surface area contributed by atoms with E-state index in [9.17, 15) is 9.59 Å². The highest BCUT2D eigenvalue weighted by atomic mass is 79.9. The van der Waals surface area contributed by atoms with Crippen molar-refractivity contribution in [1.82, 2.24) is 4.98 Å². The first kappa shape index (κ1) is 20.0. The normalized spacial score (nSPS) is 22.7. The second-order valence-electron chi connectivity index (χ2n) is 7.01. The van der Waals surface area contributed by atoms with Crippen LogP contribution in [0.5, 0.6) is 5.75 Å². The van der Waals surface area contributed by atoms with Crippen molar-refractivity contribution in [3.63, 3.8) is 0 Å². The lowest BCUT2D eigenvalue weighted by Crippen LogP contribution is -2.32. The number of ether oxygens (including phenoxy) is 1. The predicted octanol–water partition coefficient (Wildman–Crippen LogP) is 5.37. The van der Waals surface area contributed by atoms with E-state index in [1.165, 1.54) is 28.0 Å². The lowest BCUT2D eigenvalue weighted by Gasteiger charge is -2.30. The molecule has 30 heavy (non-hydrogen) atoms. The molecule has 0 unspecified atom stereocenters. The second kappa shape index (κ2) is 7.64. The van der Waals surface area contributed by atoms with Gasteiger partial charge < -0.3 is 9.72 Å². The zero-order valence-electron chi connectivity index (χ0n) is 15.6. The summed E-state index contributed by atoms with van der Waals surface area (Å²) in [6.45, 7) is 0. The van der Waals surface area contributed by atoms with Crippen LogP contribution in [0.2, 0.25) is 0 Å². The summed E-state index contributed by atoms with van der Waals surface area (Å²) in [5, 5.41) is 0.381. The van der Waals surface area contributed by atoms with Crippen LogP contribution in [0.15, 0.2) is 58.0 Å². The highest BCUT2D eigenvalue weighted by molar-refractivity contribution is 9.10. The summed E-state index contributed by atoms with van der Waals surface area (Å²) in [7, 11) is 1.62. The number of imide groups is 1. The molecule has 2 amide bonds. The summed E-state index contributed by atoms with van der Waals surface area (Å²) < 4.78 is 6.82. The Morgan fingerprint density at radius 1 is 1.07 bits per heavy atom. The molecule has 3 aromatic rings. The van der Waals surface area contributed by atoms with Crippen LogP contribution in [0, 0.1) is 9.87 Å². The average molecular weight is 519 g/mol. The van der Waals surface area contributed by atoms with E-state index in [1.54, 1.807) is 19.2 Å². The van der Waals surface area contributed by atoms with E-state index in [0.717, 1.165) is 25.7 Å². The molecule has 0 aliphatic carbocycles. The molecule has 3 atom stereocenters. The Kier molecular flexibility index (Phi) is 5.09. The van der Waals surface area contributed by atoms with Crippen LogP contribution >= 0.6 is 51.2 Å². The van der Waals surface area contributed by atoms with Gasteiger partial charge in [-0.2, -0.15) is 0 Å². The molecule has 0 saturated carbocycles. The van der Waals surface area contributed by atoms with Crippen molar-refractivity contribution < 1.29 is 14.3 Å². The number of aromatic amines is 1. The van der Waals surface area contributed by atoms with Crippen molar-refractivity contribution >= 4 is 68.7 Å². The van der Waals surface area contributed by atoms with Crippen LogP contribution < -0.4 is 9.64 Å². The summed E-state index contributed by atoms with van der Waals surface area (Å²) in [4.78, 5) is 32.5. The third-order valence-electron chi connectivity index (χ3n) is 5.38. The van der Waals surface area contributed by atoms with Crippen LogP contribution in [-0.2, 0) is 9.59 Å². The number of methoxy groups -OCH3 is 1. The number of halogens is 1. The highest BCUT2D eigenvalue weighted by Crippen LogP contribution is 2.54. The number of carbonyl (C=O) groups excluding carboxylic acids is 2. The second-order valence-corrected chi connectivity index (χ2v) is 10.8. The maximum atomic E-state index is 13.6. The van der Waals surface area contributed by atoms with Crippen LogP contribution in [0.3, 0.4) is 0 Å². The van der Waals surface area contributed by atoms with E-state index in [2.05, 4.69) is 20.9 Å². The molecule has 152 valence electrons. The Balaban J connectivity index is 1.63. The van der Waals surface area contributed by atoms with Gasteiger partial charge in [-0.1, -0.05) is 39.8 Å². The molecule has 1 fully saturated rings. The standard InChI is InChI=1S/C21H15BrN2O3S3/c1-27-13-8-2-10(3-9-13)14-15-17(29-18-16(14)30-21(28)23-18)20(26)24(19(15)25)12-6-4-11(22)5-7-12/h2-9,14-15,17H,1H3,(H,23,28)/t14-,15-,17+/m0/s1.